The fourth-order valence-electron chi connectivity index (χ4n) is 3.28. The van der Waals surface area contributed by atoms with E-state index in [0.717, 1.165) is 31.0 Å². The zero-order valence-electron chi connectivity index (χ0n) is 12.7. The zero-order valence-corrected chi connectivity index (χ0v) is 12.7. The van der Waals surface area contributed by atoms with Crippen LogP contribution in [0.15, 0.2) is 24.3 Å². The molecule has 0 bridgehead atoms. The fourth-order valence-corrected chi connectivity index (χ4v) is 3.28. The van der Waals surface area contributed by atoms with E-state index in [1.807, 2.05) is 23.1 Å². The molecule has 1 aromatic carbocycles. The van der Waals surface area contributed by atoms with Crippen LogP contribution in [0.25, 0.3) is 0 Å². The number of carbonyl (C=O) groups excluding carboxylic acids is 1. The van der Waals surface area contributed by atoms with Crippen molar-refractivity contribution in [3.63, 3.8) is 0 Å². The van der Waals surface area contributed by atoms with Gasteiger partial charge >= 0.3 is 0 Å². The van der Waals surface area contributed by atoms with Gasteiger partial charge in [0.25, 0.3) is 0 Å². The maximum atomic E-state index is 12.4. The van der Waals surface area contributed by atoms with Crippen LogP contribution in [-0.2, 0) is 4.79 Å². The minimum atomic E-state index is 0.238. The number of rotatable bonds is 3. The van der Waals surface area contributed by atoms with Gasteiger partial charge in [-0.1, -0.05) is 25.0 Å². The molecule has 1 aromatic rings. The van der Waals surface area contributed by atoms with Gasteiger partial charge in [-0.15, -0.1) is 0 Å². The number of hydrogen-bond donors (Lipinski definition) is 1. The molecule has 0 aromatic heterocycles. The number of nitrogens with zero attached hydrogens (tertiary/aromatic N) is 2. The van der Waals surface area contributed by atoms with Crippen LogP contribution in [0.3, 0.4) is 0 Å². The lowest BCUT2D eigenvalue weighted by molar-refractivity contribution is -0.118. The first-order valence-electron chi connectivity index (χ1n) is 8.20. The van der Waals surface area contributed by atoms with E-state index in [1.54, 1.807) is 0 Å². The smallest absolute Gasteiger partial charge is 0.228 e. The highest BCUT2D eigenvalue weighted by Crippen LogP contribution is 2.28. The van der Waals surface area contributed by atoms with Crippen molar-refractivity contribution >= 4 is 17.3 Å². The van der Waals surface area contributed by atoms with E-state index in [1.165, 1.54) is 38.8 Å². The summed E-state index contributed by atoms with van der Waals surface area (Å²) in [6, 6.07) is 8.15. The van der Waals surface area contributed by atoms with Gasteiger partial charge in [0.2, 0.25) is 5.91 Å². The van der Waals surface area contributed by atoms with Gasteiger partial charge in [0.15, 0.2) is 0 Å². The van der Waals surface area contributed by atoms with Gasteiger partial charge in [0.1, 0.15) is 0 Å². The van der Waals surface area contributed by atoms with Gasteiger partial charge in [-0.3, -0.25) is 4.79 Å². The van der Waals surface area contributed by atoms with Crippen LogP contribution in [0.2, 0.25) is 0 Å². The summed E-state index contributed by atoms with van der Waals surface area (Å²) in [4.78, 5) is 16.9. The molecule has 1 N–H and O–H groups in total. The minimum absolute atomic E-state index is 0.238. The molecule has 1 fully saturated rings. The second-order valence-corrected chi connectivity index (χ2v) is 6.00. The van der Waals surface area contributed by atoms with Crippen molar-refractivity contribution in [2.24, 2.45) is 0 Å². The maximum absolute atomic E-state index is 12.4. The molecule has 0 spiro atoms. The molecule has 2 aliphatic rings. The van der Waals surface area contributed by atoms with E-state index in [0.29, 0.717) is 6.42 Å². The van der Waals surface area contributed by atoms with Crippen LogP contribution in [0.1, 0.15) is 32.1 Å². The van der Waals surface area contributed by atoms with Crippen LogP contribution in [-0.4, -0.2) is 43.5 Å². The van der Waals surface area contributed by atoms with Crippen molar-refractivity contribution in [2.75, 3.05) is 42.9 Å². The highest BCUT2D eigenvalue weighted by atomic mass is 16.2. The van der Waals surface area contributed by atoms with Crippen molar-refractivity contribution < 1.29 is 4.79 Å². The number of fused-ring (bicyclic) bond motifs is 1. The first-order valence-corrected chi connectivity index (χ1v) is 8.20. The van der Waals surface area contributed by atoms with E-state index in [9.17, 15) is 4.79 Å². The Morgan fingerprint density at radius 1 is 1.00 bits per heavy atom. The van der Waals surface area contributed by atoms with E-state index in [4.69, 9.17) is 0 Å². The predicted molar refractivity (Wildman–Crippen MR) is 86.8 cm³/mol. The lowest BCUT2D eigenvalue weighted by Crippen LogP contribution is -2.39. The molecule has 3 rings (SSSR count). The maximum Gasteiger partial charge on any atom is 0.228 e. The highest BCUT2D eigenvalue weighted by molar-refractivity contribution is 5.98. The molecule has 1 amide bonds. The van der Waals surface area contributed by atoms with Crippen LogP contribution in [0.4, 0.5) is 11.4 Å². The molecular weight excluding hydrogens is 262 g/mol. The first-order chi connectivity index (χ1) is 10.3. The van der Waals surface area contributed by atoms with Crippen molar-refractivity contribution in [1.29, 1.82) is 0 Å². The Kier molecular flexibility index (Phi) is 4.76. The van der Waals surface area contributed by atoms with E-state index in [2.05, 4.69) is 16.3 Å². The lowest BCUT2D eigenvalue weighted by Gasteiger charge is -2.27. The van der Waals surface area contributed by atoms with Gasteiger partial charge in [0.05, 0.1) is 11.4 Å². The molecule has 0 atom stereocenters. The fraction of sp³-hybridized carbons (Fsp3) is 0.588. The van der Waals surface area contributed by atoms with E-state index < -0.39 is 0 Å². The summed E-state index contributed by atoms with van der Waals surface area (Å²) in [7, 11) is 0. The molecule has 4 heteroatoms. The standard InChI is InChI=1S/C17H25N3O/c21-17-9-10-18-15-7-3-4-8-16(15)20(17)14-13-19-11-5-1-2-6-12-19/h3-4,7-8,18H,1-2,5-6,9-14H2. The number of hydrogen-bond acceptors (Lipinski definition) is 3. The topological polar surface area (TPSA) is 35.6 Å². The first kappa shape index (κ1) is 14.4. The summed E-state index contributed by atoms with van der Waals surface area (Å²) in [5, 5.41) is 3.36. The van der Waals surface area contributed by atoms with Crippen LogP contribution in [0, 0.1) is 0 Å². The normalized spacial score (nSPS) is 20.4. The van der Waals surface area contributed by atoms with E-state index >= 15 is 0 Å². The van der Waals surface area contributed by atoms with Crippen molar-refractivity contribution in [3.8, 4) is 0 Å². The second kappa shape index (κ2) is 6.94. The lowest BCUT2D eigenvalue weighted by atomic mass is 10.2. The third-order valence-electron chi connectivity index (χ3n) is 4.49. The molecule has 114 valence electrons. The Balaban J connectivity index is 1.69. The third kappa shape index (κ3) is 3.56. The summed E-state index contributed by atoms with van der Waals surface area (Å²) < 4.78 is 0. The molecule has 0 saturated carbocycles. The van der Waals surface area contributed by atoms with Crippen molar-refractivity contribution in [1.82, 2.24) is 4.90 Å². The summed E-state index contributed by atoms with van der Waals surface area (Å²) >= 11 is 0. The molecule has 0 aliphatic carbocycles. The molecule has 2 aliphatic heterocycles. The largest absolute Gasteiger partial charge is 0.383 e. The molecule has 1 saturated heterocycles. The number of carbonyl (C=O) groups is 1. The van der Waals surface area contributed by atoms with Crippen LogP contribution < -0.4 is 10.2 Å². The number of nitrogens with one attached hydrogen (secondary N) is 1. The summed E-state index contributed by atoms with van der Waals surface area (Å²) in [6.07, 6.45) is 5.88. The van der Waals surface area contributed by atoms with Crippen LogP contribution in [0.5, 0.6) is 0 Å². The average molecular weight is 287 g/mol. The predicted octanol–water partition coefficient (Wildman–Crippen LogP) is 2.71. The molecular formula is C17H25N3O. The van der Waals surface area contributed by atoms with E-state index in [-0.39, 0.29) is 5.91 Å². The van der Waals surface area contributed by atoms with Gasteiger partial charge in [-0.2, -0.15) is 0 Å². The highest BCUT2D eigenvalue weighted by Gasteiger charge is 2.22. The Bertz CT molecular complexity index is 481. The summed E-state index contributed by atoms with van der Waals surface area (Å²) in [6.45, 7) is 4.89. The zero-order chi connectivity index (χ0) is 14.5. The molecule has 0 radical (unpaired) electrons. The average Bonchev–Trinajstić information content (AvgIpc) is 2.84. The number of likely N-dealkylation sites (tertiary alicyclic amines) is 1. The SMILES string of the molecule is O=C1CCNc2ccccc2N1CCN1CCCCCC1. The van der Waals surface area contributed by atoms with Gasteiger partial charge in [-0.25, -0.2) is 0 Å². The number of amides is 1. The number of benzene rings is 1. The summed E-state index contributed by atoms with van der Waals surface area (Å²) in [5.74, 6) is 0.238. The second-order valence-electron chi connectivity index (χ2n) is 6.00. The molecule has 21 heavy (non-hydrogen) atoms. The molecule has 4 nitrogen and oxygen atoms in total. The van der Waals surface area contributed by atoms with Crippen molar-refractivity contribution in [3.05, 3.63) is 24.3 Å². The summed E-state index contributed by atoms with van der Waals surface area (Å²) in [5.41, 5.74) is 2.12. The Hall–Kier alpha value is -1.55. The van der Waals surface area contributed by atoms with Gasteiger partial charge in [-0.05, 0) is 38.1 Å². The molecule has 2 heterocycles. The monoisotopic (exact) mass is 287 g/mol. The Labute approximate surface area is 127 Å². The quantitative estimate of drug-likeness (QED) is 0.928. The Morgan fingerprint density at radius 3 is 2.57 bits per heavy atom. The van der Waals surface area contributed by atoms with Gasteiger partial charge < -0.3 is 15.1 Å². The van der Waals surface area contributed by atoms with Gasteiger partial charge in [0, 0.05) is 26.1 Å². The van der Waals surface area contributed by atoms with Crippen LogP contribution >= 0.6 is 0 Å². The number of para-hydroxylation sites is 2. The Morgan fingerprint density at radius 2 is 1.76 bits per heavy atom. The number of anilines is 2. The molecule has 0 unspecified atom stereocenters. The third-order valence-corrected chi connectivity index (χ3v) is 4.49. The van der Waals surface area contributed by atoms with Crippen molar-refractivity contribution in [2.45, 2.75) is 32.1 Å². The minimum Gasteiger partial charge on any atom is -0.383 e.